The molecule has 76 valence electrons. The molecule has 0 unspecified atom stereocenters. The van der Waals surface area contributed by atoms with Gasteiger partial charge in [-0.05, 0) is 16.6 Å². The van der Waals surface area contributed by atoms with Gasteiger partial charge in [-0.3, -0.25) is 4.63 Å². The first-order valence-corrected chi connectivity index (χ1v) is 5.19. The number of nitrogens with zero attached hydrogens (tertiary/aromatic N) is 2. The van der Waals surface area contributed by atoms with Crippen LogP contribution < -0.4 is 0 Å². The van der Waals surface area contributed by atoms with Gasteiger partial charge in [0.05, 0.1) is 5.52 Å². The Hall–Kier alpha value is -2.29. The van der Waals surface area contributed by atoms with E-state index >= 15 is 0 Å². The molecule has 0 N–H and O–H groups in total. The zero-order chi connectivity index (χ0) is 10.5. The highest BCUT2D eigenvalue weighted by atomic mass is 16.6. The molecule has 0 radical (unpaired) electrons. The molecular formula is C13H8N2O. The maximum Gasteiger partial charge on any atom is 0.221 e. The largest absolute Gasteiger partial charge is 0.259 e. The molecule has 16 heavy (non-hydrogen) atoms. The van der Waals surface area contributed by atoms with Crippen LogP contribution in [0.15, 0.2) is 53.2 Å². The van der Waals surface area contributed by atoms with Crippen LogP contribution in [0.3, 0.4) is 0 Å². The van der Waals surface area contributed by atoms with E-state index in [0.29, 0.717) is 0 Å². The van der Waals surface area contributed by atoms with E-state index in [9.17, 15) is 0 Å². The summed E-state index contributed by atoms with van der Waals surface area (Å²) in [6.07, 6.45) is 0. The molecule has 3 heteroatoms. The van der Waals surface area contributed by atoms with Crippen LogP contribution in [0.1, 0.15) is 0 Å². The molecule has 2 heterocycles. The Bertz CT molecular complexity index is 741. The van der Waals surface area contributed by atoms with Crippen LogP contribution in [0, 0.1) is 0 Å². The number of fused-ring (bicyclic) bond motifs is 6. The quantitative estimate of drug-likeness (QED) is 0.415. The zero-order valence-corrected chi connectivity index (χ0v) is 8.42. The number of hydrogen-bond acceptors (Lipinski definition) is 2. The molecule has 0 aliphatic rings. The molecule has 0 saturated carbocycles. The number of aromatic nitrogens is 2. The van der Waals surface area contributed by atoms with Crippen LogP contribution in [0.25, 0.3) is 27.3 Å². The minimum Gasteiger partial charge on any atom is -0.259 e. The van der Waals surface area contributed by atoms with Crippen molar-refractivity contribution in [1.29, 1.82) is 0 Å². The summed E-state index contributed by atoms with van der Waals surface area (Å²) in [6, 6.07) is 16.4. The van der Waals surface area contributed by atoms with Gasteiger partial charge in [0.1, 0.15) is 0 Å². The van der Waals surface area contributed by atoms with Crippen molar-refractivity contribution in [2.24, 2.45) is 0 Å². The Morgan fingerprint density at radius 3 is 2.25 bits per heavy atom. The summed E-state index contributed by atoms with van der Waals surface area (Å²) in [6.45, 7) is 0. The molecule has 0 bridgehead atoms. The smallest absolute Gasteiger partial charge is 0.221 e. The Balaban J connectivity index is 2.45. The van der Waals surface area contributed by atoms with Gasteiger partial charge in [0, 0.05) is 10.8 Å². The lowest BCUT2D eigenvalue weighted by Crippen LogP contribution is -2.00. The fraction of sp³-hybridized carbons (Fsp3) is 0. The second kappa shape index (κ2) is 2.64. The van der Waals surface area contributed by atoms with E-state index in [4.69, 9.17) is 4.63 Å². The van der Waals surface area contributed by atoms with Crippen LogP contribution in [-0.4, -0.2) is 9.73 Å². The molecule has 0 fully saturated rings. The van der Waals surface area contributed by atoms with Crippen molar-refractivity contribution in [3.05, 3.63) is 48.5 Å². The van der Waals surface area contributed by atoms with E-state index in [1.54, 1.807) is 4.57 Å². The second-order valence-electron chi connectivity index (χ2n) is 3.85. The maximum atomic E-state index is 5.14. The standard InChI is InChI=1S/C13H8N2O/c1-2-7-11-9(5-1)10-6-3-4-8-12(10)15-13(11)14-16-15/h1-8H. The van der Waals surface area contributed by atoms with Gasteiger partial charge in [0.25, 0.3) is 0 Å². The fourth-order valence-electron chi connectivity index (χ4n) is 2.23. The van der Waals surface area contributed by atoms with Crippen molar-refractivity contribution in [2.75, 3.05) is 0 Å². The second-order valence-corrected chi connectivity index (χ2v) is 3.85. The number of pyridine rings is 1. The van der Waals surface area contributed by atoms with Gasteiger partial charge >= 0.3 is 0 Å². The SMILES string of the molecule is c1ccc2c(c1)c1ccccc1n1onc21. The topological polar surface area (TPSA) is 30.4 Å². The summed E-state index contributed by atoms with van der Waals surface area (Å²) in [4.78, 5) is 0. The zero-order valence-electron chi connectivity index (χ0n) is 8.42. The normalized spacial score (nSPS) is 11.8. The summed E-state index contributed by atoms with van der Waals surface area (Å²) in [5.41, 5.74) is 1.96. The Morgan fingerprint density at radius 1 is 0.812 bits per heavy atom. The predicted molar refractivity (Wildman–Crippen MR) is 62.5 cm³/mol. The van der Waals surface area contributed by atoms with E-state index in [1.165, 1.54) is 10.8 Å². The van der Waals surface area contributed by atoms with Crippen molar-refractivity contribution in [2.45, 2.75) is 0 Å². The van der Waals surface area contributed by atoms with Gasteiger partial charge in [0.2, 0.25) is 5.65 Å². The highest BCUT2D eigenvalue weighted by Crippen LogP contribution is 2.28. The van der Waals surface area contributed by atoms with Gasteiger partial charge < -0.3 is 0 Å². The average Bonchev–Trinajstić information content (AvgIpc) is 2.29. The van der Waals surface area contributed by atoms with Crippen LogP contribution in [0.4, 0.5) is 0 Å². The first-order chi connectivity index (χ1) is 7.95. The summed E-state index contributed by atoms with van der Waals surface area (Å²) in [5.74, 6) is 0. The first-order valence-electron chi connectivity index (χ1n) is 5.19. The molecule has 0 spiro atoms. The third-order valence-corrected chi connectivity index (χ3v) is 2.98. The van der Waals surface area contributed by atoms with E-state index in [1.807, 2.05) is 30.3 Å². The van der Waals surface area contributed by atoms with E-state index in [-0.39, 0.29) is 0 Å². The molecule has 0 aliphatic heterocycles. The Morgan fingerprint density at radius 2 is 1.50 bits per heavy atom. The van der Waals surface area contributed by atoms with Crippen molar-refractivity contribution in [1.82, 2.24) is 9.73 Å². The average molecular weight is 208 g/mol. The molecule has 0 saturated heterocycles. The summed E-state index contributed by atoms with van der Waals surface area (Å²) < 4.78 is 6.91. The monoisotopic (exact) mass is 208 g/mol. The lowest BCUT2D eigenvalue weighted by molar-refractivity contribution is 0.220. The van der Waals surface area contributed by atoms with Crippen LogP contribution in [0.5, 0.6) is 0 Å². The third-order valence-electron chi connectivity index (χ3n) is 2.98. The van der Waals surface area contributed by atoms with Crippen molar-refractivity contribution in [3.8, 4) is 0 Å². The molecular weight excluding hydrogens is 200 g/mol. The molecule has 0 aliphatic carbocycles. The Kier molecular flexibility index (Phi) is 1.31. The molecule has 4 rings (SSSR count). The molecule has 2 aromatic heterocycles. The maximum absolute atomic E-state index is 5.14. The number of benzene rings is 2. The lowest BCUT2D eigenvalue weighted by atomic mass is 10.1. The van der Waals surface area contributed by atoms with Crippen LogP contribution in [-0.2, 0) is 0 Å². The number of para-hydroxylation sites is 1. The Labute approximate surface area is 90.8 Å². The van der Waals surface area contributed by atoms with E-state index < -0.39 is 0 Å². The minimum absolute atomic E-state index is 0.898. The highest BCUT2D eigenvalue weighted by Gasteiger charge is 2.11. The molecule has 3 nitrogen and oxygen atoms in total. The highest BCUT2D eigenvalue weighted by molar-refractivity contribution is 6.11. The van der Waals surface area contributed by atoms with Gasteiger partial charge in [-0.1, -0.05) is 42.5 Å². The molecule has 0 amide bonds. The summed E-state index contributed by atoms with van der Waals surface area (Å²) >= 11 is 0. The molecule has 4 aromatic rings. The first kappa shape index (κ1) is 7.93. The van der Waals surface area contributed by atoms with E-state index in [0.717, 1.165) is 16.6 Å². The van der Waals surface area contributed by atoms with Gasteiger partial charge in [-0.25, -0.2) is 0 Å². The van der Waals surface area contributed by atoms with Gasteiger partial charge in [0.15, 0.2) is 0 Å². The molecule has 2 aromatic carbocycles. The van der Waals surface area contributed by atoms with Gasteiger partial charge in [-0.15, -0.1) is 4.57 Å². The van der Waals surface area contributed by atoms with Crippen molar-refractivity contribution in [3.63, 3.8) is 0 Å². The lowest BCUT2D eigenvalue weighted by Gasteiger charge is -2.10. The van der Waals surface area contributed by atoms with E-state index in [2.05, 4.69) is 23.4 Å². The molecule has 0 atom stereocenters. The van der Waals surface area contributed by atoms with Crippen molar-refractivity contribution >= 4 is 27.3 Å². The number of rotatable bonds is 0. The number of hydrogen-bond donors (Lipinski definition) is 0. The fourth-order valence-corrected chi connectivity index (χ4v) is 2.23. The summed E-state index contributed by atoms with van der Waals surface area (Å²) in [7, 11) is 0. The third kappa shape index (κ3) is 0.810. The van der Waals surface area contributed by atoms with Crippen LogP contribution in [0.2, 0.25) is 0 Å². The predicted octanol–water partition coefficient (Wildman–Crippen LogP) is 3.23. The van der Waals surface area contributed by atoms with Crippen LogP contribution >= 0.6 is 0 Å². The van der Waals surface area contributed by atoms with Gasteiger partial charge in [-0.2, -0.15) is 0 Å². The van der Waals surface area contributed by atoms with Crippen molar-refractivity contribution < 1.29 is 4.63 Å². The minimum atomic E-state index is 0.898. The summed E-state index contributed by atoms with van der Waals surface area (Å²) in [5, 5.41) is 7.52.